The second kappa shape index (κ2) is 5.85. The maximum atomic E-state index is 11.0. The van der Waals surface area contributed by atoms with Crippen LogP contribution in [0.2, 0.25) is 10.0 Å². The Morgan fingerprint density at radius 3 is 2.71 bits per heavy atom. The SMILES string of the molecule is O=Cc1nc2n(n1)-c1ccc(Cl)cc1C(c1ccccc1Cl)=NC2. The van der Waals surface area contributed by atoms with Crippen LogP contribution >= 0.6 is 23.2 Å². The zero-order chi connectivity index (χ0) is 16.7. The minimum Gasteiger partial charge on any atom is -0.294 e. The van der Waals surface area contributed by atoms with Gasteiger partial charge in [-0.05, 0) is 24.3 Å². The lowest BCUT2D eigenvalue weighted by Gasteiger charge is -2.12. The van der Waals surface area contributed by atoms with Crippen molar-refractivity contribution in [3.05, 3.63) is 75.3 Å². The van der Waals surface area contributed by atoms with Gasteiger partial charge < -0.3 is 0 Å². The van der Waals surface area contributed by atoms with E-state index in [0.717, 1.165) is 22.5 Å². The Kier molecular flexibility index (Phi) is 3.67. The number of benzene rings is 2. The second-order valence-electron chi connectivity index (χ2n) is 5.22. The molecule has 0 unspecified atom stereocenters. The minimum absolute atomic E-state index is 0.127. The van der Waals surface area contributed by atoms with Gasteiger partial charge in [-0.3, -0.25) is 9.79 Å². The molecule has 1 aromatic heterocycles. The molecule has 0 N–H and O–H groups in total. The molecule has 5 nitrogen and oxygen atoms in total. The second-order valence-corrected chi connectivity index (χ2v) is 6.07. The predicted molar refractivity (Wildman–Crippen MR) is 92.6 cm³/mol. The lowest BCUT2D eigenvalue weighted by molar-refractivity contribution is 0.111. The van der Waals surface area contributed by atoms with Gasteiger partial charge in [0.15, 0.2) is 12.1 Å². The number of fused-ring (bicyclic) bond motifs is 3. The van der Waals surface area contributed by atoms with E-state index >= 15 is 0 Å². The highest BCUT2D eigenvalue weighted by atomic mass is 35.5. The zero-order valence-corrected chi connectivity index (χ0v) is 13.8. The molecule has 1 aliphatic rings. The van der Waals surface area contributed by atoms with Crippen LogP contribution in [-0.2, 0) is 6.54 Å². The van der Waals surface area contributed by atoms with Crippen molar-refractivity contribution >= 4 is 35.2 Å². The van der Waals surface area contributed by atoms with Crippen LogP contribution in [-0.4, -0.2) is 26.8 Å². The summed E-state index contributed by atoms with van der Waals surface area (Å²) in [4.78, 5) is 19.9. The largest absolute Gasteiger partial charge is 0.294 e. The van der Waals surface area contributed by atoms with Crippen LogP contribution in [0.25, 0.3) is 5.69 Å². The van der Waals surface area contributed by atoms with Gasteiger partial charge in [-0.2, -0.15) is 0 Å². The van der Waals surface area contributed by atoms with Gasteiger partial charge in [0.2, 0.25) is 5.82 Å². The molecular weight excluding hydrogens is 347 g/mol. The molecule has 0 amide bonds. The number of carbonyl (C=O) groups excluding carboxylic acids is 1. The molecule has 0 saturated carbocycles. The molecule has 0 spiro atoms. The summed E-state index contributed by atoms with van der Waals surface area (Å²) in [7, 11) is 0. The number of halogens is 2. The highest BCUT2D eigenvalue weighted by molar-refractivity contribution is 6.36. The van der Waals surface area contributed by atoms with E-state index in [2.05, 4.69) is 15.1 Å². The average Bonchev–Trinajstić information content (AvgIpc) is 2.94. The monoisotopic (exact) mass is 356 g/mol. The molecule has 24 heavy (non-hydrogen) atoms. The summed E-state index contributed by atoms with van der Waals surface area (Å²) in [5.74, 6) is 0.713. The summed E-state index contributed by atoms with van der Waals surface area (Å²) in [5, 5.41) is 5.42. The van der Waals surface area contributed by atoms with E-state index in [1.807, 2.05) is 36.4 Å². The Morgan fingerprint density at radius 1 is 1.08 bits per heavy atom. The van der Waals surface area contributed by atoms with Crippen molar-refractivity contribution in [3.63, 3.8) is 0 Å². The van der Waals surface area contributed by atoms with E-state index in [0.29, 0.717) is 22.2 Å². The topological polar surface area (TPSA) is 60.1 Å². The van der Waals surface area contributed by atoms with E-state index in [4.69, 9.17) is 23.2 Å². The minimum atomic E-state index is 0.127. The number of nitrogens with zero attached hydrogens (tertiary/aromatic N) is 4. The summed E-state index contributed by atoms with van der Waals surface area (Å²) in [6, 6.07) is 12.9. The maximum Gasteiger partial charge on any atom is 0.214 e. The molecular formula is C17H10Cl2N4O. The highest BCUT2D eigenvalue weighted by Crippen LogP contribution is 2.29. The van der Waals surface area contributed by atoms with Crippen molar-refractivity contribution in [1.29, 1.82) is 0 Å². The fraction of sp³-hybridized carbons (Fsp3) is 0.0588. The van der Waals surface area contributed by atoms with Gasteiger partial charge in [0, 0.05) is 21.2 Å². The summed E-state index contributed by atoms with van der Waals surface area (Å²) in [6.07, 6.45) is 0.621. The van der Waals surface area contributed by atoms with Gasteiger partial charge >= 0.3 is 0 Å². The van der Waals surface area contributed by atoms with Gasteiger partial charge in [0.25, 0.3) is 0 Å². The van der Waals surface area contributed by atoms with Gasteiger partial charge in [-0.15, -0.1) is 5.10 Å². The standard InChI is InChI=1S/C17H10Cl2N4O/c18-10-5-6-14-12(7-10)17(11-3-1-2-4-13(11)19)20-8-16-21-15(9-24)22-23(14)16/h1-7,9H,8H2. The first-order valence-corrected chi connectivity index (χ1v) is 7.94. The van der Waals surface area contributed by atoms with Crippen molar-refractivity contribution in [3.8, 4) is 5.69 Å². The van der Waals surface area contributed by atoms with Crippen molar-refractivity contribution in [2.75, 3.05) is 0 Å². The molecule has 0 fully saturated rings. The fourth-order valence-corrected chi connectivity index (χ4v) is 3.11. The Balaban J connectivity index is 2.00. The van der Waals surface area contributed by atoms with E-state index < -0.39 is 0 Å². The number of carbonyl (C=O) groups is 1. The van der Waals surface area contributed by atoms with Crippen LogP contribution in [0.3, 0.4) is 0 Å². The smallest absolute Gasteiger partial charge is 0.214 e. The first-order chi connectivity index (χ1) is 11.7. The molecule has 2 heterocycles. The van der Waals surface area contributed by atoms with Crippen LogP contribution in [0.15, 0.2) is 47.5 Å². The molecule has 0 atom stereocenters. The van der Waals surface area contributed by atoms with Crippen LogP contribution in [0, 0.1) is 0 Å². The third-order valence-electron chi connectivity index (χ3n) is 3.75. The molecule has 0 aliphatic carbocycles. The molecule has 7 heteroatoms. The third-order valence-corrected chi connectivity index (χ3v) is 4.31. The fourth-order valence-electron chi connectivity index (χ4n) is 2.71. The van der Waals surface area contributed by atoms with Gasteiger partial charge in [0.05, 0.1) is 17.9 Å². The van der Waals surface area contributed by atoms with E-state index in [1.165, 1.54) is 0 Å². The van der Waals surface area contributed by atoms with Crippen molar-refractivity contribution in [2.24, 2.45) is 4.99 Å². The zero-order valence-electron chi connectivity index (χ0n) is 12.3. The molecule has 0 radical (unpaired) electrons. The maximum absolute atomic E-state index is 11.0. The van der Waals surface area contributed by atoms with Crippen molar-refractivity contribution in [2.45, 2.75) is 6.54 Å². The van der Waals surface area contributed by atoms with Crippen LogP contribution in [0.4, 0.5) is 0 Å². The normalized spacial score (nSPS) is 12.8. The summed E-state index contributed by atoms with van der Waals surface area (Å²) >= 11 is 12.5. The van der Waals surface area contributed by atoms with Crippen molar-refractivity contribution in [1.82, 2.24) is 14.8 Å². The lowest BCUT2D eigenvalue weighted by atomic mass is 10.0. The summed E-state index contributed by atoms with van der Waals surface area (Å²) < 4.78 is 1.63. The van der Waals surface area contributed by atoms with Crippen LogP contribution in [0.1, 0.15) is 27.6 Å². The third kappa shape index (κ3) is 2.42. The Morgan fingerprint density at radius 2 is 1.92 bits per heavy atom. The number of hydrogen-bond acceptors (Lipinski definition) is 4. The number of aldehydes is 1. The Labute approximate surface area is 147 Å². The number of aromatic nitrogens is 3. The molecule has 118 valence electrons. The Bertz CT molecular complexity index is 994. The van der Waals surface area contributed by atoms with Crippen LogP contribution < -0.4 is 0 Å². The predicted octanol–water partition coefficient (Wildman–Crippen LogP) is 3.74. The molecule has 4 rings (SSSR count). The highest BCUT2D eigenvalue weighted by Gasteiger charge is 2.22. The number of rotatable bonds is 2. The van der Waals surface area contributed by atoms with E-state index in [-0.39, 0.29) is 12.4 Å². The van der Waals surface area contributed by atoms with Crippen LogP contribution in [0.5, 0.6) is 0 Å². The average molecular weight is 357 g/mol. The van der Waals surface area contributed by atoms with E-state index in [1.54, 1.807) is 10.7 Å². The molecule has 1 aliphatic heterocycles. The number of hydrogen-bond donors (Lipinski definition) is 0. The van der Waals surface area contributed by atoms with Gasteiger partial charge in [0.1, 0.15) is 0 Å². The Hall–Kier alpha value is -2.50. The van der Waals surface area contributed by atoms with Gasteiger partial charge in [-0.1, -0.05) is 41.4 Å². The quantitative estimate of drug-likeness (QED) is 0.657. The molecule has 0 saturated heterocycles. The molecule has 0 bridgehead atoms. The molecule has 2 aromatic carbocycles. The van der Waals surface area contributed by atoms with E-state index in [9.17, 15) is 4.79 Å². The first kappa shape index (κ1) is 15.1. The van der Waals surface area contributed by atoms with Gasteiger partial charge in [-0.25, -0.2) is 9.67 Å². The summed E-state index contributed by atoms with van der Waals surface area (Å²) in [5.41, 5.74) is 3.07. The van der Waals surface area contributed by atoms with Crippen molar-refractivity contribution < 1.29 is 4.79 Å². The summed E-state index contributed by atoms with van der Waals surface area (Å²) in [6.45, 7) is 0.285. The molecule has 3 aromatic rings. The number of aliphatic imine (C=N–C) groups is 1. The first-order valence-electron chi connectivity index (χ1n) is 7.18. The lowest BCUT2D eigenvalue weighted by Crippen LogP contribution is -2.09.